The topological polar surface area (TPSA) is 108 Å². The zero-order valence-corrected chi connectivity index (χ0v) is 22.5. The predicted molar refractivity (Wildman–Crippen MR) is 141 cm³/mol. The van der Waals surface area contributed by atoms with Crippen LogP contribution < -0.4 is 15.4 Å². The fraction of sp³-hybridized carbons (Fsp3) is 0.667. The fourth-order valence-electron chi connectivity index (χ4n) is 6.32. The molecule has 5 atom stereocenters. The largest absolute Gasteiger partial charge is 0.494 e. The molecule has 0 saturated carbocycles. The first-order valence-electron chi connectivity index (χ1n) is 13.1. The molecule has 9 heteroatoms. The summed E-state index contributed by atoms with van der Waals surface area (Å²) in [5, 5.41) is 15.2. The Hall–Kier alpha value is -2.26. The molecule has 3 saturated heterocycles. The van der Waals surface area contributed by atoms with Crippen LogP contribution in [0.5, 0.6) is 5.75 Å². The number of amides is 3. The number of carbonyl (C=O) groups is 3. The molecule has 0 aliphatic carbocycles. The van der Waals surface area contributed by atoms with E-state index in [1.54, 1.807) is 16.7 Å². The number of fused-ring (bicyclic) bond motifs is 1. The maximum Gasteiger partial charge on any atom is 0.244 e. The number of hydrogen-bond donors (Lipinski definition) is 3. The van der Waals surface area contributed by atoms with Gasteiger partial charge in [-0.05, 0) is 84.1 Å². The monoisotopic (exact) mass is 517 g/mol. The molecular formula is C27H39N3O5S. The van der Waals surface area contributed by atoms with Gasteiger partial charge in [0.25, 0.3) is 0 Å². The van der Waals surface area contributed by atoms with Crippen LogP contribution in [0.4, 0.5) is 5.69 Å². The maximum absolute atomic E-state index is 13.9. The summed E-state index contributed by atoms with van der Waals surface area (Å²) in [6.45, 7) is 8.96. The van der Waals surface area contributed by atoms with Crippen LogP contribution in [0, 0.1) is 11.8 Å². The summed E-state index contributed by atoms with van der Waals surface area (Å²) >= 11 is 1.68. The highest BCUT2D eigenvalue weighted by molar-refractivity contribution is 8.02. The van der Waals surface area contributed by atoms with E-state index < -0.39 is 27.4 Å². The minimum atomic E-state index is -0.609. The smallest absolute Gasteiger partial charge is 0.244 e. The van der Waals surface area contributed by atoms with Gasteiger partial charge in [0.2, 0.25) is 17.7 Å². The molecule has 1 spiro atoms. The number of likely N-dealkylation sites (tertiary alicyclic amines) is 1. The van der Waals surface area contributed by atoms with Crippen molar-refractivity contribution >= 4 is 35.2 Å². The van der Waals surface area contributed by atoms with Crippen LogP contribution in [0.1, 0.15) is 59.8 Å². The number of benzene rings is 1. The van der Waals surface area contributed by atoms with Crippen molar-refractivity contribution in [2.45, 2.75) is 81.4 Å². The zero-order chi connectivity index (χ0) is 26.1. The van der Waals surface area contributed by atoms with Gasteiger partial charge >= 0.3 is 0 Å². The molecular weight excluding hydrogens is 478 g/mol. The number of unbranched alkanes of at least 4 members (excludes halogenated alkanes) is 2. The van der Waals surface area contributed by atoms with Crippen LogP contribution >= 0.6 is 11.8 Å². The molecule has 2 bridgehead atoms. The first-order valence-corrected chi connectivity index (χ1v) is 13.9. The number of carbonyl (C=O) groups excluding carboxylic acids is 3. The summed E-state index contributed by atoms with van der Waals surface area (Å²) in [4.78, 5) is 42.9. The van der Waals surface area contributed by atoms with Crippen LogP contribution in [0.25, 0.3) is 0 Å². The zero-order valence-electron chi connectivity index (χ0n) is 21.7. The van der Waals surface area contributed by atoms with E-state index in [1.807, 2.05) is 45.0 Å². The van der Waals surface area contributed by atoms with Gasteiger partial charge in [0.1, 0.15) is 11.8 Å². The van der Waals surface area contributed by atoms with Crippen molar-refractivity contribution in [1.29, 1.82) is 0 Å². The quantitative estimate of drug-likeness (QED) is 0.389. The average Bonchev–Trinajstić information content (AvgIpc) is 3.38. The van der Waals surface area contributed by atoms with Gasteiger partial charge < -0.3 is 25.4 Å². The fourth-order valence-corrected chi connectivity index (χ4v) is 8.68. The Morgan fingerprint density at radius 1 is 1.17 bits per heavy atom. The molecule has 198 valence electrons. The molecule has 3 amide bonds. The summed E-state index contributed by atoms with van der Waals surface area (Å²) < 4.78 is 4.48. The number of rotatable bonds is 11. The molecule has 8 nitrogen and oxygen atoms in total. The van der Waals surface area contributed by atoms with Crippen molar-refractivity contribution < 1.29 is 24.2 Å². The first kappa shape index (κ1) is 26.8. The Balaban J connectivity index is 1.61. The lowest BCUT2D eigenvalue weighted by atomic mass is 9.66. The summed E-state index contributed by atoms with van der Waals surface area (Å²) in [5.41, 5.74) is 0.661. The van der Waals surface area contributed by atoms with Gasteiger partial charge in [-0.3, -0.25) is 14.4 Å². The van der Waals surface area contributed by atoms with Gasteiger partial charge in [-0.2, -0.15) is 0 Å². The van der Waals surface area contributed by atoms with E-state index in [0.717, 1.165) is 25.0 Å². The first-order chi connectivity index (χ1) is 17.2. The standard InChI is InChI=1S/C27H39N3O5S/c1-5-35-19-11-9-18(10-12-19)29-23(32)20-21-25(34)30(15-7-6-8-16-31)22(24(33)28-17(2)3)27(21)14-13-26(20,4)36-27/h9-12,17,20-22,31H,5-8,13-16H2,1-4H3,(H,28,33)(H,29,32)/t20-,21+,22?,26+,27?/m1/s1. The third-order valence-corrected chi connectivity index (χ3v) is 9.71. The number of nitrogens with zero attached hydrogens (tertiary/aromatic N) is 1. The number of aliphatic hydroxyl groups excluding tert-OH is 1. The van der Waals surface area contributed by atoms with Crippen LogP contribution in [0.2, 0.25) is 0 Å². The molecule has 0 aromatic heterocycles. The normalized spacial score (nSPS) is 30.6. The van der Waals surface area contributed by atoms with E-state index >= 15 is 0 Å². The molecule has 1 aromatic carbocycles. The van der Waals surface area contributed by atoms with E-state index in [1.165, 1.54) is 0 Å². The van der Waals surface area contributed by atoms with Gasteiger partial charge in [-0.25, -0.2) is 0 Å². The van der Waals surface area contributed by atoms with Gasteiger partial charge in [0.05, 0.1) is 23.2 Å². The van der Waals surface area contributed by atoms with E-state index in [2.05, 4.69) is 17.6 Å². The van der Waals surface area contributed by atoms with Crippen molar-refractivity contribution in [1.82, 2.24) is 10.2 Å². The number of aliphatic hydroxyl groups is 1. The van der Waals surface area contributed by atoms with E-state index in [9.17, 15) is 14.4 Å². The van der Waals surface area contributed by atoms with E-state index in [0.29, 0.717) is 31.7 Å². The number of anilines is 1. The molecule has 36 heavy (non-hydrogen) atoms. The highest BCUT2D eigenvalue weighted by Crippen LogP contribution is 2.71. The minimum Gasteiger partial charge on any atom is -0.494 e. The predicted octanol–water partition coefficient (Wildman–Crippen LogP) is 3.19. The molecule has 3 fully saturated rings. The van der Waals surface area contributed by atoms with Crippen molar-refractivity contribution in [3.63, 3.8) is 0 Å². The lowest BCUT2D eigenvalue weighted by molar-refractivity contribution is -0.139. The lowest BCUT2D eigenvalue weighted by Crippen LogP contribution is -2.54. The van der Waals surface area contributed by atoms with Gasteiger partial charge in [-0.1, -0.05) is 0 Å². The Labute approximate surface area is 217 Å². The number of nitrogens with one attached hydrogen (secondary N) is 2. The molecule has 3 aliphatic heterocycles. The number of hydrogen-bond acceptors (Lipinski definition) is 6. The second-order valence-electron chi connectivity index (χ2n) is 10.7. The lowest BCUT2D eigenvalue weighted by Gasteiger charge is -2.35. The minimum absolute atomic E-state index is 0.0442. The Morgan fingerprint density at radius 2 is 1.89 bits per heavy atom. The Bertz CT molecular complexity index is 986. The van der Waals surface area contributed by atoms with E-state index in [4.69, 9.17) is 9.84 Å². The van der Waals surface area contributed by atoms with Crippen molar-refractivity contribution in [3.05, 3.63) is 24.3 Å². The maximum atomic E-state index is 13.9. The van der Waals surface area contributed by atoms with Gasteiger partial charge in [0, 0.05) is 29.6 Å². The van der Waals surface area contributed by atoms with Crippen LogP contribution in [0.3, 0.4) is 0 Å². The third kappa shape index (κ3) is 4.72. The van der Waals surface area contributed by atoms with Crippen molar-refractivity contribution in [2.24, 2.45) is 11.8 Å². The molecule has 2 unspecified atom stereocenters. The van der Waals surface area contributed by atoms with Crippen LogP contribution in [-0.2, 0) is 14.4 Å². The Morgan fingerprint density at radius 3 is 2.53 bits per heavy atom. The second-order valence-corrected chi connectivity index (χ2v) is 12.6. The van der Waals surface area contributed by atoms with Crippen molar-refractivity contribution in [3.8, 4) is 5.75 Å². The van der Waals surface area contributed by atoms with Crippen LogP contribution in [-0.4, -0.2) is 69.1 Å². The highest BCUT2D eigenvalue weighted by atomic mass is 32.2. The third-order valence-electron chi connectivity index (χ3n) is 7.73. The summed E-state index contributed by atoms with van der Waals surface area (Å²) in [5.74, 6) is -0.715. The molecule has 4 rings (SSSR count). The SMILES string of the molecule is CCOc1ccc(NC(=O)[C@H]2[C@H]3C(=O)N(CCCCCO)C(C(=O)NC(C)C)C34CC[C@]2(C)S4)cc1. The van der Waals surface area contributed by atoms with Gasteiger partial charge in [-0.15, -0.1) is 11.8 Å². The molecule has 0 radical (unpaired) electrons. The molecule has 1 aromatic rings. The number of ether oxygens (including phenoxy) is 1. The number of thioether (sulfide) groups is 1. The van der Waals surface area contributed by atoms with Crippen molar-refractivity contribution in [2.75, 3.05) is 25.1 Å². The van der Waals surface area contributed by atoms with Crippen LogP contribution in [0.15, 0.2) is 24.3 Å². The second kappa shape index (κ2) is 10.6. The van der Waals surface area contributed by atoms with E-state index in [-0.39, 0.29) is 30.4 Å². The summed E-state index contributed by atoms with van der Waals surface area (Å²) in [7, 11) is 0. The highest BCUT2D eigenvalue weighted by Gasteiger charge is 2.77. The average molecular weight is 518 g/mol. The van der Waals surface area contributed by atoms with Gasteiger partial charge in [0.15, 0.2) is 0 Å². The molecule has 3 N–H and O–H groups in total. The molecule has 3 aliphatic rings. The molecule has 3 heterocycles. The summed E-state index contributed by atoms with van der Waals surface area (Å²) in [6.07, 6.45) is 3.68. The Kier molecular flexibility index (Phi) is 7.90. The summed E-state index contributed by atoms with van der Waals surface area (Å²) in [6, 6.07) is 6.62.